The molecule has 0 aromatic heterocycles. The molecule has 0 spiro atoms. The molecule has 0 rings (SSSR count). The van der Waals surface area contributed by atoms with Crippen LogP contribution in [0, 0.1) is 0 Å². The van der Waals surface area contributed by atoms with Gasteiger partial charge in [-0.1, -0.05) is 267 Å². The van der Waals surface area contributed by atoms with E-state index in [9.17, 15) is 43.2 Å². The highest BCUT2D eigenvalue weighted by molar-refractivity contribution is 7.47. The minimum Gasteiger partial charge on any atom is -0.462 e. The Morgan fingerprint density at radius 2 is 0.542 bits per heavy atom. The summed E-state index contributed by atoms with van der Waals surface area (Å²) in [6.45, 7) is 4.62. The second-order valence-electron chi connectivity index (χ2n) is 25.2. The number of aliphatic hydroxyl groups is 1. The summed E-state index contributed by atoms with van der Waals surface area (Å²) >= 11 is 0. The number of carbonyl (C=O) groups is 4. The molecular weight excluding hydrogens is 1260 g/mol. The summed E-state index contributed by atoms with van der Waals surface area (Å²) in [4.78, 5) is 72.8. The lowest BCUT2D eigenvalue weighted by Crippen LogP contribution is -2.30. The smallest absolute Gasteiger partial charge is 0.462 e. The zero-order valence-electron chi connectivity index (χ0n) is 60.5. The van der Waals surface area contributed by atoms with Gasteiger partial charge in [-0.2, -0.15) is 0 Å². The van der Waals surface area contributed by atoms with Crippen LogP contribution in [0.2, 0.25) is 0 Å². The molecule has 0 saturated carbocycles. The fourth-order valence-electron chi connectivity index (χ4n) is 10.1. The third-order valence-corrected chi connectivity index (χ3v) is 17.8. The van der Waals surface area contributed by atoms with Gasteiger partial charge in [0.15, 0.2) is 12.2 Å². The fraction of sp³-hybridized carbons (Fsp3) is 0.766. The number of phosphoric acid groups is 2. The summed E-state index contributed by atoms with van der Waals surface area (Å²) in [5.41, 5.74) is 0. The SMILES string of the molecule is CC/C=C\C/C=C\C/C=C\CCCCCCCC(=O)OCC(COP(=O)(O)OCC(O)COP(=O)(O)OCC(COC(=O)CCCCCCC/C=C\C/C=C\C/C=C\CC)OC(=O)CCCCCCCCCCCCCCC)OC(=O)CCCCCCC/C=C\CCCCCC. The van der Waals surface area contributed by atoms with Crippen molar-refractivity contribution in [2.75, 3.05) is 39.6 Å². The van der Waals surface area contributed by atoms with Crippen LogP contribution in [-0.2, 0) is 65.4 Å². The van der Waals surface area contributed by atoms with Crippen molar-refractivity contribution in [2.24, 2.45) is 0 Å². The normalized spacial score (nSPS) is 14.4. The van der Waals surface area contributed by atoms with Crippen molar-refractivity contribution in [3.05, 3.63) is 85.1 Å². The van der Waals surface area contributed by atoms with Crippen molar-refractivity contribution in [3.63, 3.8) is 0 Å². The first kappa shape index (κ1) is 92.2. The lowest BCUT2D eigenvalue weighted by atomic mass is 10.0. The highest BCUT2D eigenvalue weighted by atomic mass is 31.2. The summed E-state index contributed by atoms with van der Waals surface area (Å²) in [7, 11) is -9.95. The average Bonchev–Trinajstić information content (AvgIpc) is 1.14. The largest absolute Gasteiger partial charge is 0.472 e. The van der Waals surface area contributed by atoms with Crippen molar-refractivity contribution >= 4 is 39.5 Å². The first-order valence-corrected chi connectivity index (χ1v) is 40.8. The van der Waals surface area contributed by atoms with E-state index in [2.05, 4.69) is 113 Å². The molecule has 0 amide bonds. The molecule has 0 aliphatic carbocycles. The summed E-state index contributed by atoms with van der Waals surface area (Å²) in [5, 5.41) is 10.6. The highest BCUT2D eigenvalue weighted by Gasteiger charge is 2.30. The number of unbranched alkanes of at least 4 members (excludes halogenated alkanes) is 31. The van der Waals surface area contributed by atoms with Crippen molar-refractivity contribution in [1.82, 2.24) is 0 Å². The first-order valence-electron chi connectivity index (χ1n) is 37.8. The monoisotopic (exact) mass is 1390 g/mol. The predicted molar refractivity (Wildman–Crippen MR) is 390 cm³/mol. The van der Waals surface area contributed by atoms with Gasteiger partial charge in [0.2, 0.25) is 0 Å². The Morgan fingerprint density at radius 3 is 0.854 bits per heavy atom. The molecule has 0 aliphatic heterocycles. The van der Waals surface area contributed by atoms with Gasteiger partial charge >= 0.3 is 39.5 Å². The van der Waals surface area contributed by atoms with E-state index in [4.69, 9.17) is 37.0 Å². The Labute approximate surface area is 583 Å². The van der Waals surface area contributed by atoms with Gasteiger partial charge in [0.25, 0.3) is 0 Å². The molecule has 0 bridgehead atoms. The van der Waals surface area contributed by atoms with E-state index < -0.39 is 97.5 Å². The molecule has 5 unspecified atom stereocenters. The summed E-state index contributed by atoms with van der Waals surface area (Å²) in [5.74, 6) is -2.20. The molecule has 0 aromatic rings. The van der Waals surface area contributed by atoms with E-state index in [0.717, 1.165) is 167 Å². The summed E-state index contributed by atoms with van der Waals surface area (Å²) < 4.78 is 68.4. The molecule has 3 N–H and O–H groups in total. The van der Waals surface area contributed by atoms with Crippen LogP contribution in [0.15, 0.2) is 85.1 Å². The number of aliphatic hydroxyl groups excluding tert-OH is 1. The number of ether oxygens (including phenoxy) is 4. The maximum Gasteiger partial charge on any atom is 0.472 e. The Balaban J connectivity index is 5.35. The van der Waals surface area contributed by atoms with Crippen LogP contribution >= 0.6 is 15.6 Å². The van der Waals surface area contributed by atoms with E-state index in [1.165, 1.54) is 77.0 Å². The lowest BCUT2D eigenvalue weighted by Gasteiger charge is -2.21. The van der Waals surface area contributed by atoms with Crippen LogP contribution in [0.4, 0.5) is 0 Å². The summed E-state index contributed by atoms with van der Waals surface area (Å²) in [6.07, 6.45) is 70.0. The number of carbonyl (C=O) groups excluding carboxylic acids is 4. The Hall–Kier alpha value is -3.76. The van der Waals surface area contributed by atoms with Crippen molar-refractivity contribution < 1.29 is 80.2 Å². The quantitative estimate of drug-likeness (QED) is 0.0169. The first-order chi connectivity index (χ1) is 46.7. The van der Waals surface area contributed by atoms with Gasteiger partial charge in [0, 0.05) is 25.7 Å². The van der Waals surface area contributed by atoms with E-state index in [-0.39, 0.29) is 25.7 Å². The standard InChI is InChI=1S/C77H136O17P2/c1-5-9-13-17-21-25-29-33-35-39-41-45-49-53-57-61-74(79)87-67-72(93-76(81)63-59-55-51-47-43-37-31-27-23-19-15-11-7-3)69-91-95(83,84)89-65-71(78)66-90-96(85,86)92-70-73(94-77(82)64-60-56-52-48-44-38-32-28-24-20-16-12-8-4)68-88-75(80)62-58-54-50-46-42-40-36-34-30-26-22-18-14-10-6-2/h9-10,13-14,21-22,25-27,31,33-36,71-73,78H,5-8,11-12,15-20,23-24,28-30,32,37-70H2,1-4H3,(H,83,84)(H,85,86)/b13-9-,14-10-,25-21-,26-22-,31-27-,35-33-,36-34-. The van der Waals surface area contributed by atoms with Crippen molar-refractivity contribution in [3.8, 4) is 0 Å². The van der Waals surface area contributed by atoms with Gasteiger partial charge in [0.05, 0.1) is 26.4 Å². The minimum atomic E-state index is -4.97. The Morgan fingerprint density at radius 1 is 0.302 bits per heavy atom. The zero-order valence-corrected chi connectivity index (χ0v) is 62.3. The maximum absolute atomic E-state index is 13.1. The van der Waals surface area contributed by atoms with E-state index in [1.807, 2.05) is 0 Å². The lowest BCUT2D eigenvalue weighted by molar-refractivity contribution is -0.161. The van der Waals surface area contributed by atoms with Crippen LogP contribution in [0.25, 0.3) is 0 Å². The van der Waals surface area contributed by atoms with Crippen LogP contribution in [0.5, 0.6) is 0 Å². The molecular formula is C77H136O17P2. The third-order valence-electron chi connectivity index (χ3n) is 15.9. The van der Waals surface area contributed by atoms with Crippen LogP contribution in [0.1, 0.15) is 323 Å². The topological polar surface area (TPSA) is 237 Å². The number of esters is 4. The molecule has 96 heavy (non-hydrogen) atoms. The Bertz CT molecular complexity index is 2160. The van der Waals surface area contributed by atoms with Gasteiger partial charge < -0.3 is 33.8 Å². The summed E-state index contributed by atoms with van der Waals surface area (Å²) in [6, 6.07) is 0. The average molecular weight is 1400 g/mol. The van der Waals surface area contributed by atoms with Gasteiger partial charge in [-0.15, -0.1) is 0 Å². The molecule has 0 aliphatic rings. The van der Waals surface area contributed by atoms with Crippen molar-refractivity contribution in [2.45, 2.75) is 341 Å². The van der Waals surface area contributed by atoms with Crippen LogP contribution < -0.4 is 0 Å². The molecule has 0 saturated heterocycles. The molecule has 5 atom stereocenters. The van der Waals surface area contributed by atoms with E-state index in [1.54, 1.807) is 0 Å². The van der Waals surface area contributed by atoms with E-state index in [0.29, 0.717) is 25.7 Å². The third kappa shape index (κ3) is 68.8. The zero-order chi connectivity index (χ0) is 70.4. The van der Waals surface area contributed by atoms with Crippen LogP contribution in [-0.4, -0.2) is 96.7 Å². The molecule has 0 radical (unpaired) electrons. The second kappa shape index (κ2) is 69.7. The minimum absolute atomic E-state index is 0.0822. The molecule has 19 heteroatoms. The van der Waals surface area contributed by atoms with Gasteiger partial charge in [0.1, 0.15) is 19.3 Å². The van der Waals surface area contributed by atoms with Gasteiger partial charge in [-0.3, -0.25) is 37.3 Å². The fourth-order valence-corrected chi connectivity index (χ4v) is 11.7. The van der Waals surface area contributed by atoms with Gasteiger partial charge in [-0.25, -0.2) is 9.13 Å². The van der Waals surface area contributed by atoms with Gasteiger partial charge in [-0.05, 0) is 116 Å². The van der Waals surface area contributed by atoms with Crippen LogP contribution in [0.3, 0.4) is 0 Å². The highest BCUT2D eigenvalue weighted by Crippen LogP contribution is 2.45. The molecule has 0 fully saturated rings. The predicted octanol–water partition coefficient (Wildman–Crippen LogP) is 21.4. The number of allylic oxidation sites excluding steroid dienone is 14. The number of hydrogen-bond donors (Lipinski definition) is 3. The molecule has 17 nitrogen and oxygen atoms in total. The number of hydrogen-bond acceptors (Lipinski definition) is 15. The number of phosphoric ester groups is 2. The van der Waals surface area contributed by atoms with E-state index >= 15 is 0 Å². The molecule has 0 heterocycles. The second-order valence-corrected chi connectivity index (χ2v) is 28.1. The molecule has 556 valence electrons. The van der Waals surface area contributed by atoms with Crippen molar-refractivity contribution in [1.29, 1.82) is 0 Å². The number of rotatable bonds is 71. The molecule has 0 aromatic carbocycles. The maximum atomic E-state index is 13.1. The Kier molecular flexibility index (Phi) is 67.0.